The SMILES string of the molecule is CC(=O)CC(C)(C)SCCCCCCSC(C)CC(=O)C1=C(C)C=CCC1(C)C. The van der Waals surface area contributed by atoms with Crippen molar-refractivity contribution in [2.75, 3.05) is 11.5 Å². The molecule has 166 valence electrons. The minimum absolute atomic E-state index is 0.0305. The molecule has 0 aromatic rings. The zero-order valence-corrected chi connectivity index (χ0v) is 21.4. The van der Waals surface area contributed by atoms with E-state index in [1.54, 1.807) is 6.92 Å². The molecule has 4 heteroatoms. The molecule has 1 atom stereocenters. The van der Waals surface area contributed by atoms with Gasteiger partial charge >= 0.3 is 0 Å². The maximum Gasteiger partial charge on any atom is 0.160 e. The fourth-order valence-corrected chi connectivity index (χ4v) is 6.36. The molecule has 1 rings (SSSR count). The summed E-state index contributed by atoms with van der Waals surface area (Å²) in [6.45, 7) is 14.6. The van der Waals surface area contributed by atoms with Gasteiger partial charge in [0.15, 0.2) is 5.78 Å². The highest BCUT2D eigenvalue weighted by molar-refractivity contribution is 8.00. The molecule has 0 heterocycles. The summed E-state index contributed by atoms with van der Waals surface area (Å²) < 4.78 is 0.0696. The van der Waals surface area contributed by atoms with Gasteiger partial charge in [-0.2, -0.15) is 23.5 Å². The number of allylic oxidation sites excluding steroid dienone is 4. The molecule has 0 saturated carbocycles. The van der Waals surface area contributed by atoms with E-state index in [2.05, 4.69) is 53.7 Å². The monoisotopic (exact) mass is 438 g/mol. The Bertz CT molecular complexity index is 614. The van der Waals surface area contributed by atoms with Crippen LogP contribution in [0.15, 0.2) is 23.3 Å². The quantitative estimate of drug-likeness (QED) is 0.264. The van der Waals surface area contributed by atoms with Crippen LogP contribution < -0.4 is 0 Å². The van der Waals surface area contributed by atoms with Gasteiger partial charge in [0.05, 0.1) is 0 Å². The van der Waals surface area contributed by atoms with Crippen LogP contribution in [0.2, 0.25) is 0 Å². The van der Waals surface area contributed by atoms with Crippen LogP contribution in [0, 0.1) is 5.41 Å². The maximum atomic E-state index is 12.9. The Labute approximate surface area is 188 Å². The highest BCUT2D eigenvalue weighted by Gasteiger charge is 2.31. The lowest BCUT2D eigenvalue weighted by Gasteiger charge is -2.31. The van der Waals surface area contributed by atoms with Gasteiger partial charge in [0.25, 0.3) is 0 Å². The lowest BCUT2D eigenvalue weighted by molar-refractivity contribution is -0.117. The van der Waals surface area contributed by atoms with Gasteiger partial charge in [-0.25, -0.2) is 0 Å². The summed E-state index contributed by atoms with van der Waals surface area (Å²) in [6.07, 6.45) is 11.5. The van der Waals surface area contributed by atoms with E-state index >= 15 is 0 Å². The molecule has 0 radical (unpaired) electrons. The fourth-order valence-electron chi connectivity index (χ4n) is 4.11. The molecule has 0 amide bonds. The molecule has 0 aromatic carbocycles. The second-order valence-electron chi connectivity index (χ2n) is 9.76. The van der Waals surface area contributed by atoms with Crippen LogP contribution in [-0.2, 0) is 9.59 Å². The zero-order chi connectivity index (χ0) is 22.1. The fraction of sp³-hybridized carbons (Fsp3) is 0.760. The summed E-state index contributed by atoms with van der Waals surface area (Å²) >= 11 is 3.86. The lowest BCUT2D eigenvalue weighted by atomic mass is 9.73. The van der Waals surface area contributed by atoms with Crippen LogP contribution in [0.1, 0.15) is 93.4 Å². The number of carbonyl (C=O) groups excluding carboxylic acids is 2. The molecule has 2 nitrogen and oxygen atoms in total. The summed E-state index contributed by atoms with van der Waals surface area (Å²) in [5.74, 6) is 2.89. The van der Waals surface area contributed by atoms with Crippen molar-refractivity contribution in [2.24, 2.45) is 5.41 Å². The molecule has 1 aliphatic rings. The number of unbranched alkanes of at least 4 members (excludes halogenated alkanes) is 3. The zero-order valence-electron chi connectivity index (χ0n) is 19.7. The van der Waals surface area contributed by atoms with Crippen molar-refractivity contribution in [2.45, 2.75) is 103 Å². The van der Waals surface area contributed by atoms with Crippen molar-refractivity contribution in [1.29, 1.82) is 0 Å². The van der Waals surface area contributed by atoms with E-state index in [4.69, 9.17) is 0 Å². The third-order valence-electron chi connectivity index (χ3n) is 5.43. The summed E-state index contributed by atoms with van der Waals surface area (Å²) in [5, 5.41) is 0.382. The first-order chi connectivity index (χ1) is 13.4. The predicted molar refractivity (Wildman–Crippen MR) is 132 cm³/mol. The van der Waals surface area contributed by atoms with Crippen molar-refractivity contribution >= 4 is 35.1 Å². The number of carbonyl (C=O) groups is 2. The van der Waals surface area contributed by atoms with E-state index in [0.29, 0.717) is 23.9 Å². The van der Waals surface area contributed by atoms with E-state index < -0.39 is 0 Å². The first-order valence-electron chi connectivity index (χ1n) is 11.1. The van der Waals surface area contributed by atoms with Gasteiger partial charge in [-0.1, -0.05) is 59.6 Å². The lowest BCUT2D eigenvalue weighted by Crippen LogP contribution is -2.25. The van der Waals surface area contributed by atoms with Gasteiger partial charge in [0, 0.05) is 28.4 Å². The van der Waals surface area contributed by atoms with E-state index in [1.165, 1.54) is 25.7 Å². The Morgan fingerprint density at radius 1 is 1.14 bits per heavy atom. The number of Topliss-reactive ketones (excluding diaryl/α,β-unsaturated/α-hetero) is 2. The molecule has 0 spiro atoms. The van der Waals surface area contributed by atoms with Gasteiger partial charge in [-0.3, -0.25) is 9.59 Å². The number of hydrogen-bond donors (Lipinski definition) is 0. The second kappa shape index (κ2) is 12.4. The highest BCUT2D eigenvalue weighted by Crippen LogP contribution is 2.38. The molecular formula is C25H42O2S2. The number of ketones is 2. The molecule has 29 heavy (non-hydrogen) atoms. The summed E-state index contributed by atoms with van der Waals surface area (Å²) in [4.78, 5) is 24.1. The van der Waals surface area contributed by atoms with E-state index in [1.807, 2.05) is 23.5 Å². The maximum absolute atomic E-state index is 12.9. The molecule has 0 saturated heterocycles. The van der Waals surface area contributed by atoms with Crippen LogP contribution in [0.25, 0.3) is 0 Å². The van der Waals surface area contributed by atoms with Crippen molar-refractivity contribution in [1.82, 2.24) is 0 Å². The molecule has 0 aliphatic heterocycles. The standard InChI is InChI=1S/C25H42O2S2/c1-19-13-12-14-24(4,5)23(19)22(27)17-21(3)28-15-10-8-9-11-16-29-25(6,7)18-20(2)26/h12-13,21H,8-11,14-18H2,1-7H3. The van der Waals surface area contributed by atoms with Gasteiger partial charge in [0.1, 0.15) is 5.78 Å². The molecule has 0 N–H and O–H groups in total. The minimum Gasteiger partial charge on any atom is -0.300 e. The molecule has 0 bridgehead atoms. The number of hydrogen-bond acceptors (Lipinski definition) is 4. The first kappa shape index (κ1) is 26.6. The van der Waals surface area contributed by atoms with Crippen LogP contribution >= 0.6 is 23.5 Å². The van der Waals surface area contributed by atoms with Crippen LogP contribution in [0.3, 0.4) is 0 Å². The van der Waals surface area contributed by atoms with Gasteiger partial charge in [-0.05, 0) is 55.6 Å². The van der Waals surface area contributed by atoms with E-state index in [9.17, 15) is 9.59 Å². The molecule has 1 unspecified atom stereocenters. The van der Waals surface area contributed by atoms with E-state index in [-0.39, 0.29) is 15.9 Å². The number of rotatable bonds is 14. The third kappa shape index (κ3) is 10.4. The Morgan fingerprint density at radius 3 is 2.34 bits per heavy atom. The third-order valence-corrected chi connectivity index (χ3v) is 8.11. The summed E-state index contributed by atoms with van der Waals surface area (Å²) in [7, 11) is 0. The highest BCUT2D eigenvalue weighted by atomic mass is 32.2. The molecular weight excluding hydrogens is 396 g/mol. The number of thioether (sulfide) groups is 2. The average molecular weight is 439 g/mol. The van der Waals surface area contributed by atoms with Crippen LogP contribution in [0.4, 0.5) is 0 Å². The van der Waals surface area contributed by atoms with Gasteiger partial charge < -0.3 is 0 Å². The van der Waals surface area contributed by atoms with Crippen molar-refractivity contribution in [3.63, 3.8) is 0 Å². The van der Waals surface area contributed by atoms with Crippen molar-refractivity contribution in [3.8, 4) is 0 Å². The molecule has 0 aromatic heterocycles. The normalized spacial score (nSPS) is 17.5. The Morgan fingerprint density at radius 2 is 1.76 bits per heavy atom. The summed E-state index contributed by atoms with van der Waals surface area (Å²) in [5.41, 5.74) is 2.16. The smallest absolute Gasteiger partial charge is 0.160 e. The van der Waals surface area contributed by atoms with Crippen LogP contribution in [-0.4, -0.2) is 33.1 Å². The van der Waals surface area contributed by atoms with Crippen LogP contribution in [0.5, 0.6) is 0 Å². The largest absolute Gasteiger partial charge is 0.300 e. The Kier molecular flexibility index (Phi) is 11.3. The second-order valence-corrected chi connectivity index (χ2v) is 13.1. The predicted octanol–water partition coefficient (Wildman–Crippen LogP) is 7.42. The molecule has 1 aliphatic carbocycles. The first-order valence-corrected chi connectivity index (χ1v) is 13.1. The van der Waals surface area contributed by atoms with Crippen molar-refractivity contribution in [3.05, 3.63) is 23.3 Å². The topological polar surface area (TPSA) is 34.1 Å². The summed E-state index contributed by atoms with van der Waals surface area (Å²) in [6, 6.07) is 0. The van der Waals surface area contributed by atoms with Crippen molar-refractivity contribution < 1.29 is 9.59 Å². The average Bonchev–Trinajstić information content (AvgIpc) is 2.54. The molecule has 0 fully saturated rings. The Hall–Kier alpha value is -0.480. The van der Waals surface area contributed by atoms with E-state index in [0.717, 1.165) is 29.1 Å². The van der Waals surface area contributed by atoms with Gasteiger partial charge in [-0.15, -0.1) is 0 Å². The van der Waals surface area contributed by atoms with Gasteiger partial charge in [0.2, 0.25) is 0 Å². The Balaban J connectivity index is 2.19. The minimum atomic E-state index is -0.0305.